The monoisotopic (exact) mass is 751 g/mol. The smallest absolute Gasteiger partial charge is 0.273 e. The van der Waals surface area contributed by atoms with Gasteiger partial charge in [0.15, 0.2) is 5.82 Å². The Hall–Kier alpha value is -4.88. The largest absolute Gasteiger partial charge is 0.487 e. The van der Waals surface area contributed by atoms with Crippen molar-refractivity contribution in [1.29, 1.82) is 0 Å². The highest BCUT2D eigenvalue weighted by Gasteiger charge is 2.44. The van der Waals surface area contributed by atoms with Crippen molar-refractivity contribution < 1.29 is 23.9 Å². The fourth-order valence-corrected chi connectivity index (χ4v) is 9.77. The topological polar surface area (TPSA) is 130 Å². The fourth-order valence-electron chi connectivity index (χ4n) is 8.43. The van der Waals surface area contributed by atoms with Gasteiger partial charge in [-0.05, 0) is 81.0 Å². The van der Waals surface area contributed by atoms with Gasteiger partial charge in [0, 0.05) is 59.8 Å². The molecular formula is C39H38ClN7O5S. The number of aromatic nitrogens is 3. The van der Waals surface area contributed by atoms with Crippen LogP contribution in [0.4, 0.5) is 0 Å². The van der Waals surface area contributed by atoms with E-state index in [4.69, 9.17) is 21.3 Å². The zero-order valence-corrected chi connectivity index (χ0v) is 31.4. The molecule has 2 fully saturated rings. The Balaban J connectivity index is 0.931. The second kappa shape index (κ2) is 12.6. The number of hydrogen-bond donors (Lipinski definition) is 0. The van der Waals surface area contributed by atoms with Crippen LogP contribution in [0.15, 0.2) is 41.4 Å². The molecule has 2 aromatic heterocycles. The van der Waals surface area contributed by atoms with Crippen LogP contribution in [0.1, 0.15) is 106 Å². The number of aliphatic imine (C=N–C) groups is 1. The number of ether oxygens (including phenoxy) is 1. The van der Waals surface area contributed by atoms with E-state index in [2.05, 4.69) is 28.6 Å². The van der Waals surface area contributed by atoms with E-state index in [0.717, 1.165) is 62.2 Å². The van der Waals surface area contributed by atoms with Crippen LogP contribution in [0.2, 0.25) is 5.02 Å². The molecule has 53 heavy (non-hydrogen) atoms. The molecule has 0 unspecified atom stereocenters. The lowest BCUT2D eigenvalue weighted by atomic mass is 9.82. The first-order valence-corrected chi connectivity index (χ1v) is 19.4. The summed E-state index contributed by atoms with van der Waals surface area (Å²) in [6, 6.07) is 10.9. The summed E-state index contributed by atoms with van der Waals surface area (Å²) in [4.78, 5) is 61.1. The number of hydrogen-bond acceptors (Lipinski definition) is 9. The SMILES string of the molecule is Cc1sc2c(c1C)C(c1ccc(Cl)cc1)=N[C@@H](CC(=O)N1CCC3(CCc4cc5c(cc4O3)C(=O)N(N3C(=O)CCCC3=O)C5)CC1)c1nnc(C)n1-2. The molecule has 7 heterocycles. The molecule has 5 aliphatic rings. The number of imide groups is 1. The van der Waals surface area contributed by atoms with E-state index in [0.29, 0.717) is 54.5 Å². The molecular weight excluding hydrogens is 714 g/mol. The highest BCUT2D eigenvalue weighted by atomic mass is 35.5. The predicted molar refractivity (Wildman–Crippen MR) is 197 cm³/mol. The van der Waals surface area contributed by atoms with Crippen molar-refractivity contribution in [2.24, 2.45) is 4.99 Å². The number of carbonyl (C=O) groups excluding carboxylic acids is 4. The minimum absolute atomic E-state index is 0.00376. The number of hydrazine groups is 1. The maximum absolute atomic E-state index is 14.1. The molecule has 9 rings (SSSR count). The molecule has 272 valence electrons. The second-order valence-electron chi connectivity index (χ2n) is 14.7. The summed E-state index contributed by atoms with van der Waals surface area (Å²) in [5.41, 5.74) is 5.72. The first kappa shape index (κ1) is 33.9. The van der Waals surface area contributed by atoms with Gasteiger partial charge in [-0.1, -0.05) is 23.7 Å². The van der Waals surface area contributed by atoms with Crippen LogP contribution in [0.25, 0.3) is 5.00 Å². The summed E-state index contributed by atoms with van der Waals surface area (Å²) in [7, 11) is 0. The summed E-state index contributed by atoms with van der Waals surface area (Å²) >= 11 is 7.95. The standard InChI is InChI=1S/C39H38ClN7O5S/c1-21-22(2)53-38-34(21)35(24-7-9-27(40)10-8-24)41-29(36-43-42-23(3)46(36)38)19-33(50)44-15-13-39(14-16-44)12-11-25-17-26-20-45(37(51)28(26)18-30(25)52-39)47-31(48)5-4-6-32(47)49/h7-10,17-18,29H,4-6,11-16,19-20H2,1-3H3/t29-/m0/s1. The number of aryl methyl sites for hydroxylation is 3. The van der Waals surface area contributed by atoms with Crippen LogP contribution in [-0.2, 0) is 27.3 Å². The molecule has 2 aromatic carbocycles. The van der Waals surface area contributed by atoms with Gasteiger partial charge in [-0.3, -0.25) is 28.7 Å². The number of piperidine rings is 2. The third-order valence-corrected chi connectivity index (χ3v) is 12.9. The summed E-state index contributed by atoms with van der Waals surface area (Å²) in [5.74, 6) is 1.02. The normalized spacial score (nSPS) is 20.5. The van der Waals surface area contributed by atoms with Crippen LogP contribution in [0.5, 0.6) is 5.75 Å². The Kier molecular flexibility index (Phi) is 8.08. The van der Waals surface area contributed by atoms with Gasteiger partial charge < -0.3 is 9.64 Å². The van der Waals surface area contributed by atoms with Gasteiger partial charge in [0.25, 0.3) is 5.91 Å². The summed E-state index contributed by atoms with van der Waals surface area (Å²) < 4.78 is 8.77. The maximum Gasteiger partial charge on any atom is 0.273 e. The van der Waals surface area contributed by atoms with E-state index in [-0.39, 0.29) is 49.4 Å². The third kappa shape index (κ3) is 5.58. The molecule has 0 N–H and O–H groups in total. The molecule has 5 aliphatic heterocycles. The molecule has 1 spiro atoms. The van der Waals surface area contributed by atoms with Crippen LogP contribution < -0.4 is 4.74 Å². The summed E-state index contributed by atoms with van der Waals surface area (Å²) in [6.45, 7) is 7.40. The minimum Gasteiger partial charge on any atom is -0.487 e. The average Bonchev–Trinajstić information content (AvgIpc) is 3.74. The van der Waals surface area contributed by atoms with Crippen LogP contribution in [0, 0.1) is 20.8 Å². The quantitative estimate of drug-likeness (QED) is 0.235. The zero-order chi connectivity index (χ0) is 36.8. The molecule has 4 amide bonds. The highest BCUT2D eigenvalue weighted by molar-refractivity contribution is 7.15. The number of halogens is 1. The molecule has 4 aromatic rings. The Morgan fingerprint density at radius 3 is 2.43 bits per heavy atom. The number of nitrogens with zero attached hydrogens (tertiary/aromatic N) is 7. The molecule has 0 saturated carbocycles. The molecule has 12 nitrogen and oxygen atoms in total. The van der Waals surface area contributed by atoms with E-state index < -0.39 is 11.6 Å². The number of carbonyl (C=O) groups is 4. The minimum atomic E-state index is -0.544. The van der Waals surface area contributed by atoms with Crippen molar-refractivity contribution in [1.82, 2.24) is 29.7 Å². The molecule has 1 atom stereocenters. The van der Waals surface area contributed by atoms with E-state index in [1.54, 1.807) is 17.4 Å². The van der Waals surface area contributed by atoms with E-state index in [1.807, 2.05) is 42.2 Å². The van der Waals surface area contributed by atoms with Gasteiger partial charge in [0.2, 0.25) is 17.7 Å². The maximum atomic E-state index is 14.1. The van der Waals surface area contributed by atoms with Gasteiger partial charge >= 0.3 is 0 Å². The molecule has 14 heteroatoms. The lowest BCUT2D eigenvalue weighted by Gasteiger charge is -2.44. The number of fused-ring (bicyclic) bond motifs is 5. The zero-order valence-electron chi connectivity index (χ0n) is 29.8. The average molecular weight is 752 g/mol. The first-order chi connectivity index (χ1) is 25.5. The third-order valence-electron chi connectivity index (χ3n) is 11.5. The van der Waals surface area contributed by atoms with Gasteiger partial charge in [-0.15, -0.1) is 21.5 Å². The van der Waals surface area contributed by atoms with Crippen LogP contribution in [0.3, 0.4) is 0 Å². The molecule has 0 aliphatic carbocycles. The lowest BCUT2D eigenvalue weighted by Crippen LogP contribution is -2.52. The van der Waals surface area contributed by atoms with Gasteiger partial charge in [-0.25, -0.2) is 5.01 Å². The predicted octanol–water partition coefficient (Wildman–Crippen LogP) is 5.99. The van der Waals surface area contributed by atoms with Crippen molar-refractivity contribution in [3.63, 3.8) is 0 Å². The van der Waals surface area contributed by atoms with Crippen molar-refractivity contribution in [2.45, 2.75) is 90.3 Å². The van der Waals surface area contributed by atoms with Crippen molar-refractivity contribution in [3.8, 4) is 10.8 Å². The van der Waals surface area contributed by atoms with Crippen LogP contribution >= 0.6 is 22.9 Å². The second-order valence-corrected chi connectivity index (χ2v) is 16.3. The van der Waals surface area contributed by atoms with Crippen molar-refractivity contribution in [2.75, 3.05) is 13.1 Å². The summed E-state index contributed by atoms with van der Waals surface area (Å²) in [6.07, 6.45) is 4.03. The van der Waals surface area contributed by atoms with E-state index in [9.17, 15) is 19.2 Å². The van der Waals surface area contributed by atoms with Gasteiger partial charge in [-0.2, -0.15) is 5.01 Å². The number of amides is 4. The Morgan fingerprint density at radius 1 is 0.962 bits per heavy atom. The van der Waals surface area contributed by atoms with Crippen LogP contribution in [-0.4, -0.2) is 77.7 Å². The number of rotatable bonds is 4. The Labute approximate surface area is 315 Å². The van der Waals surface area contributed by atoms with Gasteiger partial charge in [0.05, 0.1) is 24.2 Å². The molecule has 0 radical (unpaired) electrons. The number of likely N-dealkylation sites (tertiary alicyclic amines) is 1. The number of thiophene rings is 1. The number of benzene rings is 2. The van der Waals surface area contributed by atoms with Crippen molar-refractivity contribution in [3.05, 3.63) is 91.3 Å². The van der Waals surface area contributed by atoms with Crippen molar-refractivity contribution >= 4 is 52.3 Å². The molecule has 0 bridgehead atoms. The fraction of sp³-hybridized carbons (Fsp3) is 0.410. The van der Waals surface area contributed by atoms with E-state index >= 15 is 0 Å². The van der Waals surface area contributed by atoms with Gasteiger partial charge in [0.1, 0.15) is 28.2 Å². The van der Waals surface area contributed by atoms with E-state index in [1.165, 1.54) is 9.89 Å². The molecule has 2 saturated heterocycles. The highest BCUT2D eigenvalue weighted by Crippen LogP contribution is 2.44. The Bertz CT molecular complexity index is 2250. The summed E-state index contributed by atoms with van der Waals surface area (Å²) in [5, 5.41) is 13.0. The Morgan fingerprint density at radius 2 is 1.70 bits per heavy atom. The lowest BCUT2D eigenvalue weighted by molar-refractivity contribution is -0.163. The first-order valence-electron chi connectivity index (χ1n) is 18.2.